The van der Waals surface area contributed by atoms with Crippen molar-refractivity contribution >= 4 is 11.7 Å². The Kier molecular flexibility index (Phi) is 4.21. The first-order chi connectivity index (χ1) is 9.88. The molecule has 0 aliphatic rings. The van der Waals surface area contributed by atoms with Crippen LogP contribution in [0.15, 0.2) is 24.4 Å². The van der Waals surface area contributed by atoms with E-state index >= 15 is 0 Å². The largest absolute Gasteiger partial charge is 0.455 e. The molecule has 0 amide bonds. The molecular formula is C14H15F2N3O2. The smallest absolute Gasteiger partial charge is 0.340 e. The molecule has 0 atom stereocenters. The Morgan fingerprint density at radius 3 is 2.67 bits per heavy atom. The van der Waals surface area contributed by atoms with Crippen molar-refractivity contribution in [2.75, 3.05) is 5.73 Å². The number of nitrogens with zero attached hydrogens (tertiary/aromatic N) is 2. The molecule has 0 aliphatic carbocycles. The summed E-state index contributed by atoms with van der Waals surface area (Å²) in [5, 5.41) is 4.20. The van der Waals surface area contributed by atoms with Gasteiger partial charge in [0.2, 0.25) is 0 Å². The number of halogens is 2. The number of nitrogen functional groups attached to an aromatic ring is 1. The normalized spacial score (nSPS) is 10.9. The number of esters is 1. The summed E-state index contributed by atoms with van der Waals surface area (Å²) in [6, 6.07) is 3.37. The number of benzene rings is 1. The third kappa shape index (κ3) is 3.36. The van der Waals surface area contributed by atoms with Crippen molar-refractivity contribution in [3.8, 4) is 0 Å². The SMILES string of the molecule is CC(C)n1ccc(COC(=O)c2cc(F)c(F)cc2N)n1. The van der Waals surface area contributed by atoms with Gasteiger partial charge in [0.05, 0.1) is 11.3 Å². The number of carbonyl (C=O) groups is 1. The van der Waals surface area contributed by atoms with E-state index in [0.29, 0.717) is 5.69 Å². The highest BCUT2D eigenvalue weighted by Crippen LogP contribution is 2.18. The minimum absolute atomic E-state index is 0.0724. The Morgan fingerprint density at radius 2 is 2.05 bits per heavy atom. The van der Waals surface area contributed by atoms with E-state index in [1.165, 1.54) is 0 Å². The Bertz CT molecular complexity index is 668. The highest BCUT2D eigenvalue weighted by atomic mass is 19.2. The minimum Gasteiger partial charge on any atom is -0.455 e. The molecule has 0 spiro atoms. The van der Waals surface area contributed by atoms with Gasteiger partial charge in [0.1, 0.15) is 6.61 Å². The summed E-state index contributed by atoms with van der Waals surface area (Å²) in [7, 11) is 0. The highest BCUT2D eigenvalue weighted by molar-refractivity contribution is 5.95. The molecule has 2 aromatic rings. The summed E-state index contributed by atoms with van der Waals surface area (Å²) in [6.45, 7) is 3.85. The van der Waals surface area contributed by atoms with Crippen LogP contribution in [-0.2, 0) is 11.3 Å². The Hall–Kier alpha value is -2.44. The van der Waals surface area contributed by atoms with Crippen LogP contribution < -0.4 is 5.73 Å². The molecule has 0 saturated heterocycles. The topological polar surface area (TPSA) is 70.1 Å². The van der Waals surface area contributed by atoms with Gasteiger partial charge in [-0.3, -0.25) is 4.68 Å². The lowest BCUT2D eigenvalue weighted by atomic mass is 10.1. The van der Waals surface area contributed by atoms with E-state index in [1.807, 2.05) is 13.8 Å². The molecule has 2 N–H and O–H groups in total. The lowest BCUT2D eigenvalue weighted by Gasteiger charge is -2.07. The lowest BCUT2D eigenvalue weighted by Crippen LogP contribution is -2.10. The molecular weight excluding hydrogens is 280 g/mol. The molecule has 0 aliphatic heterocycles. The predicted octanol–water partition coefficient (Wildman–Crippen LogP) is 2.68. The average Bonchev–Trinajstić information content (AvgIpc) is 2.89. The summed E-state index contributed by atoms with van der Waals surface area (Å²) < 4.78 is 32.8. The first kappa shape index (κ1) is 15.0. The zero-order valence-electron chi connectivity index (χ0n) is 11.6. The summed E-state index contributed by atoms with van der Waals surface area (Å²) in [4.78, 5) is 11.8. The number of hydrogen-bond acceptors (Lipinski definition) is 4. The van der Waals surface area contributed by atoms with E-state index in [1.54, 1.807) is 16.9 Å². The van der Waals surface area contributed by atoms with Gasteiger partial charge in [-0.25, -0.2) is 13.6 Å². The number of hydrogen-bond donors (Lipinski definition) is 1. The molecule has 0 radical (unpaired) electrons. The fourth-order valence-corrected chi connectivity index (χ4v) is 1.70. The van der Waals surface area contributed by atoms with Gasteiger partial charge in [-0.15, -0.1) is 0 Å². The fraction of sp³-hybridized carbons (Fsp3) is 0.286. The summed E-state index contributed by atoms with van der Waals surface area (Å²) in [6.07, 6.45) is 1.76. The highest BCUT2D eigenvalue weighted by Gasteiger charge is 2.16. The van der Waals surface area contributed by atoms with E-state index < -0.39 is 17.6 Å². The van der Waals surface area contributed by atoms with Crippen molar-refractivity contribution < 1.29 is 18.3 Å². The zero-order valence-corrected chi connectivity index (χ0v) is 11.6. The molecule has 5 nitrogen and oxygen atoms in total. The van der Waals surface area contributed by atoms with Gasteiger partial charge in [0.25, 0.3) is 0 Å². The first-order valence-electron chi connectivity index (χ1n) is 6.34. The average molecular weight is 295 g/mol. The van der Waals surface area contributed by atoms with Crippen LogP contribution in [0.1, 0.15) is 35.9 Å². The van der Waals surface area contributed by atoms with Crippen LogP contribution in [0.25, 0.3) is 0 Å². The number of carbonyl (C=O) groups excluding carboxylic acids is 1. The van der Waals surface area contributed by atoms with Crippen molar-refractivity contribution in [1.82, 2.24) is 9.78 Å². The number of nitrogens with two attached hydrogens (primary N) is 1. The van der Waals surface area contributed by atoms with Gasteiger partial charge in [0, 0.05) is 24.0 Å². The van der Waals surface area contributed by atoms with Crippen LogP contribution in [0, 0.1) is 11.6 Å². The summed E-state index contributed by atoms with van der Waals surface area (Å²) in [5.74, 6) is -3.09. The number of ether oxygens (including phenoxy) is 1. The molecule has 1 aromatic carbocycles. The van der Waals surface area contributed by atoms with Crippen molar-refractivity contribution in [1.29, 1.82) is 0 Å². The third-order valence-corrected chi connectivity index (χ3v) is 2.86. The van der Waals surface area contributed by atoms with Crippen LogP contribution in [0.2, 0.25) is 0 Å². The van der Waals surface area contributed by atoms with Crippen LogP contribution in [0.4, 0.5) is 14.5 Å². The van der Waals surface area contributed by atoms with E-state index in [4.69, 9.17) is 10.5 Å². The minimum atomic E-state index is -1.15. The van der Waals surface area contributed by atoms with Gasteiger partial charge in [0.15, 0.2) is 11.6 Å². The van der Waals surface area contributed by atoms with Gasteiger partial charge in [-0.2, -0.15) is 5.10 Å². The lowest BCUT2D eigenvalue weighted by molar-refractivity contribution is 0.0467. The molecule has 2 rings (SSSR count). The standard InChI is InChI=1S/C14H15F2N3O2/c1-8(2)19-4-3-9(18-19)7-21-14(20)10-5-11(15)12(16)6-13(10)17/h3-6,8H,7,17H2,1-2H3. The molecule has 1 aromatic heterocycles. The van der Waals surface area contributed by atoms with Crippen LogP contribution in [-0.4, -0.2) is 15.7 Å². The molecule has 21 heavy (non-hydrogen) atoms. The van der Waals surface area contributed by atoms with Crippen LogP contribution in [0.3, 0.4) is 0 Å². The van der Waals surface area contributed by atoms with E-state index in [9.17, 15) is 13.6 Å². The van der Waals surface area contributed by atoms with Gasteiger partial charge >= 0.3 is 5.97 Å². The quantitative estimate of drug-likeness (QED) is 0.695. The van der Waals surface area contributed by atoms with Crippen molar-refractivity contribution in [2.45, 2.75) is 26.5 Å². The molecule has 0 bridgehead atoms. The van der Waals surface area contributed by atoms with Crippen molar-refractivity contribution in [3.05, 3.63) is 47.3 Å². The molecule has 0 fully saturated rings. The second kappa shape index (κ2) is 5.90. The number of anilines is 1. The fourth-order valence-electron chi connectivity index (χ4n) is 1.70. The Balaban J connectivity index is 2.06. The maximum Gasteiger partial charge on any atom is 0.340 e. The second-order valence-corrected chi connectivity index (χ2v) is 4.81. The molecule has 0 unspecified atom stereocenters. The first-order valence-corrected chi connectivity index (χ1v) is 6.34. The van der Waals surface area contributed by atoms with Crippen LogP contribution >= 0.6 is 0 Å². The molecule has 112 valence electrons. The monoisotopic (exact) mass is 295 g/mol. The number of rotatable bonds is 4. The van der Waals surface area contributed by atoms with Gasteiger partial charge in [-0.05, 0) is 26.0 Å². The molecule has 1 heterocycles. The third-order valence-electron chi connectivity index (χ3n) is 2.86. The molecule has 0 saturated carbocycles. The summed E-state index contributed by atoms with van der Waals surface area (Å²) >= 11 is 0. The maximum atomic E-state index is 13.1. The van der Waals surface area contributed by atoms with E-state index in [-0.39, 0.29) is 23.9 Å². The Labute approximate surface area is 120 Å². The van der Waals surface area contributed by atoms with Gasteiger partial charge < -0.3 is 10.5 Å². The van der Waals surface area contributed by atoms with Crippen molar-refractivity contribution in [3.63, 3.8) is 0 Å². The van der Waals surface area contributed by atoms with E-state index in [0.717, 1.165) is 12.1 Å². The number of aromatic nitrogens is 2. The van der Waals surface area contributed by atoms with Crippen molar-refractivity contribution in [2.24, 2.45) is 0 Å². The Morgan fingerprint density at radius 1 is 1.38 bits per heavy atom. The van der Waals surface area contributed by atoms with Gasteiger partial charge in [-0.1, -0.05) is 0 Å². The second-order valence-electron chi connectivity index (χ2n) is 4.81. The molecule has 7 heteroatoms. The maximum absolute atomic E-state index is 13.1. The zero-order chi connectivity index (χ0) is 15.6. The van der Waals surface area contributed by atoms with Crippen LogP contribution in [0.5, 0.6) is 0 Å². The predicted molar refractivity (Wildman–Crippen MR) is 72.5 cm³/mol. The van der Waals surface area contributed by atoms with E-state index in [2.05, 4.69) is 5.10 Å². The summed E-state index contributed by atoms with van der Waals surface area (Å²) in [5.41, 5.74) is 5.65.